The summed E-state index contributed by atoms with van der Waals surface area (Å²) in [4.78, 5) is 25.5. The molecule has 1 saturated heterocycles. The van der Waals surface area contributed by atoms with Crippen molar-refractivity contribution in [3.63, 3.8) is 0 Å². The van der Waals surface area contributed by atoms with Gasteiger partial charge in [-0.3, -0.25) is 14.5 Å². The van der Waals surface area contributed by atoms with Crippen LogP contribution in [-0.2, 0) is 9.59 Å². The van der Waals surface area contributed by atoms with E-state index in [0.29, 0.717) is 17.6 Å². The quantitative estimate of drug-likeness (QED) is 0.730. The lowest BCUT2D eigenvalue weighted by molar-refractivity contribution is -0.143. The highest BCUT2D eigenvalue weighted by Crippen LogP contribution is 2.34. The van der Waals surface area contributed by atoms with Crippen LogP contribution < -0.4 is 0 Å². The van der Waals surface area contributed by atoms with E-state index in [2.05, 4.69) is 20.8 Å². The Balaban J connectivity index is 2.75. The van der Waals surface area contributed by atoms with E-state index in [1.54, 1.807) is 11.8 Å². The second-order valence-corrected chi connectivity index (χ2v) is 7.60. The van der Waals surface area contributed by atoms with E-state index in [0.717, 1.165) is 0 Å². The van der Waals surface area contributed by atoms with Gasteiger partial charge in [-0.1, -0.05) is 20.8 Å². The summed E-state index contributed by atoms with van der Waals surface area (Å²) in [5.74, 6) is 0.475. The van der Waals surface area contributed by atoms with Crippen molar-refractivity contribution < 1.29 is 9.59 Å². The number of carbonyl (C=O) groups excluding carboxylic acids is 2. The predicted molar refractivity (Wildman–Crippen MR) is 71.9 cm³/mol. The number of hydrogen-bond acceptors (Lipinski definition) is 3. The van der Waals surface area contributed by atoms with Crippen LogP contribution in [0.4, 0.5) is 0 Å². The summed E-state index contributed by atoms with van der Waals surface area (Å²) in [6.45, 7) is 12.1. The van der Waals surface area contributed by atoms with E-state index < -0.39 is 5.54 Å². The first-order valence-electron chi connectivity index (χ1n) is 6.17. The lowest BCUT2D eigenvalue weighted by Gasteiger charge is -2.30. The number of hydrogen-bond donors (Lipinski definition) is 0. The normalized spacial score (nSPS) is 23.7. The molecule has 0 N–H and O–H groups in total. The molecular weight excluding hydrogens is 234 g/mol. The van der Waals surface area contributed by atoms with Gasteiger partial charge in [-0.25, -0.2) is 0 Å². The Bertz CT molecular complexity index is 320. The minimum Gasteiger partial charge on any atom is -0.276 e. The number of rotatable bonds is 3. The van der Waals surface area contributed by atoms with Crippen molar-refractivity contribution in [2.24, 2.45) is 5.92 Å². The number of nitrogens with zero attached hydrogens (tertiary/aromatic N) is 1. The van der Waals surface area contributed by atoms with Gasteiger partial charge in [0, 0.05) is 17.2 Å². The molecule has 2 atom stereocenters. The highest BCUT2D eigenvalue weighted by Gasteiger charge is 2.44. The lowest BCUT2D eigenvalue weighted by atomic mass is 10.1. The van der Waals surface area contributed by atoms with E-state index in [1.807, 2.05) is 20.8 Å². The van der Waals surface area contributed by atoms with Crippen molar-refractivity contribution in [3.05, 3.63) is 0 Å². The predicted octanol–water partition coefficient (Wildman–Crippen LogP) is 2.69. The Morgan fingerprint density at radius 3 is 2.12 bits per heavy atom. The van der Waals surface area contributed by atoms with Gasteiger partial charge in [-0.05, 0) is 26.7 Å². The zero-order valence-corrected chi connectivity index (χ0v) is 12.4. The van der Waals surface area contributed by atoms with E-state index in [4.69, 9.17) is 0 Å². The summed E-state index contributed by atoms with van der Waals surface area (Å²) in [5, 5.41) is 0.218. The molecule has 1 rings (SSSR count). The summed E-state index contributed by atoms with van der Waals surface area (Å²) >= 11 is 1.63. The van der Waals surface area contributed by atoms with Gasteiger partial charge in [0.2, 0.25) is 11.8 Å². The van der Waals surface area contributed by atoms with Crippen LogP contribution in [0.25, 0.3) is 0 Å². The summed E-state index contributed by atoms with van der Waals surface area (Å²) < 4.78 is 0. The minimum atomic E-state index is -0.398. The Morgan fingerprint density at radius 2 is 1.76 bits per heavy atom. The lowest BCUT2D eigenvalue weighted by Crippen LogP contribution is -2.46. The smallest absolute Gasteiger partial charge is 0.243 e. The molecule has 2 amide bonds. The molecule has 0 saturated carbocycles. The molecule has 0 aliphatic carbocycles. The molecule has 98 valence electrons. The second-order valence-electron chi connectivity index (χ2n) is 6.02. The first-order valence-corrected chi connectivity index (χ1v) is 7.11. The third-order valence-corrected chi connectivity index (χ3v) is 4.76. The van der Waals surface area contributed by atoms with E-state index in [9.17, 15) is 9.59 Å². The number of thioether (sulfide) groups is 1. The molecule has 0 radical (unpaired) electrons. The summed E-state index contributed by atoms with van der Waals surface area (Å²) in [5.41, 5.74) is -0.398. The van der Waals surface area contributed by atoms with Crippen molar-refractivity contribution >= 4 is 23.6 Å². The molecule has 0 aromatic heterocycles. The van der Waals surface area contributed by atoms with Gasteiger partial charge in [0.05, 0.1) is 5.25 Å². The average molecular weight is 257 g/mol. The van der Waals surface area contributed by atoms with E-state index in [1.165, 1.54) is 4.90 Å². The molecule has 4 heteroatoms. The summed E-state index contributed by atoms with van der Waals surface area (Å²) in [6.07, 6.45) is 0.359. The highest BCUT2D eigenvalue weighted by molar-refractivity contribution is 8.01. The maximum atomic E-state index is 12.2. The number of carbonyl (C=O) groups is 2. The van der Waals surface area contributed by atoms with Crippen LogP contribution in [-0.4, -0.2) is 32.8 Å². The van der Waals surface area contributed by atoms with Crippen molar-refractivity contribution in [1.82, 2.24) is 4.90 Å². The standard InChI is InChI=1S/C13H23NO2S/c1-8(2)9(3)17-10-7-11(15)14(12(10)16)13(4,5)6/h8-10H,7H2,1-6H3. The third kappa shape index (κ3) is 3.24. The fourth-order valence-corrected chi connectivity index (χ4v) is 3.12. The zero-order valence-electron chi connectivity index (χ0n) is 11.6. The van der Waals surface area contributed by atoms with Gasteiger partial charge in [0.15, 0.2) is 0 Å². The largest absolute Gasteiger partial charge is 0.276 e. The topological polar surface area (TPSA) is 37.4 Å². The van der Waals surface area contributed by atoms with Crippen LogP contribution in [0.15, 0.2) is 0 Å². The molecule has 2 unspecified atom stereocenters. The van der Waals surface area contributed by atoms with Crippen LogP contribution >= 0.6 is 11.8 Å². The van der Waals surface area contributed by atoms with Crippen molar-refractivity contribution in [1.29, 1.82) is 0 Å². The van der Waals surface area contributed by atoms with Gasteiger partial charge in [0.1, 0.15) is 0 Å². The number of likely N-dealkylation sites (tertiary alicyclic amines) is 1. The van der Waals surface area contributed by atoms with E-state index >= 15 is 0 Å². The Labute approximate surface area is 108 Å². The molecule has 0 aromatic rings. The van der Waals surface area contributed by atoms with Crippen LogP contribution in [0, 0.1) is 5.92 Å². The molecule has 0 bridgehead atoms. The molecule has 0 aromatic carbocycles. The van der Waals surface area contributed by atoms with Crippen molar-refractivity contribution in [2.45, 2.75) is 64.0 Å². The molecule has 0 spiro atoms. The molecular formula is C13H23NO2S. The molecule has 1 aliphatic rings. The van der Waals surface area contributed by atoms with Crippen molar-refractivity contribution in [2.75, 3.05) is 0 Å². The first-order chi connectivity index (χ1) is 7.64. The monoisotopic (exact) mass is 257 g/mol. The van der Waals surface area contributed by atoms with Crippen LogP contribution in [0.3, 0.4) is 0 Å². The minimum absolute atomic E-state index is 0.0139. The van der Waals surface area contributed by atoms with Crippen LogP contribution in [0.1, 0.15) is 48.0 Å². The SMILES string of the molecule is CC(C)C(C)SC1CC(=O)N(C(C)(C)C)C1=O. The third-order valence-electron chi connectivity index (χ3n) is 3.09. The number of amides is 2. The van der Waals surface area contributed by atoms with Crippen LogP contribution in [0.5, 0.6) is 0 Å². The fraction of sp³-hybridized carbons (Fsp3) is 0.846. The van der Waals surface area contributed by atoms with Gasteiger partial charge in [-0.15, -0.1) is 11.8 Å². The molecule has 1 aliphatic heterocycles. The molecule has 1 fully saturated rings. The van der Waals surface area contributed by atoms with Gasteiger partial charge >= 0.3 is 0 Å². The molecule has 1 heterocycles. The summed E-state index contributed by atoms with van der Waals surface area (Å²) in [6, 6.07) is 0. The Kier molecular flexibility index (Phi) is 4.28. The van der Waals surface area contributed by atoms with Gasteiger partial charge in [0.25, 0.3) is 0 Å². The Hall–Kier alpha value is -0.510. The average Bonchev–Trinajstić information content (AvgIpc) is 2.40. The van der Waals surface area contributed by atoms with Crippen LogP contribution in [0.2, 0.25) is 0 Å². The zero-order chi connectivity index (χ0) is 13.4. The molecule has 17 heavy (non-hydrogen) atoms. The van der Waals surface area contributed by atoms with Crippen molar-refractivity contribution in [3.8, 4) is 0 Å². The van der Waals surface area contributed by atoms with Gasteiger partial charge in [-0.2, -0.15) is 0 Å². The van der Waals surface area contributed by atoms with Gasteiger partial charge < -0.3 is 0 Å². The maximum Gasteiger partial charge on any atom is 0.243 e. The summed E-state index contributed by atoms with van der Waals surface area (Å²) in [7, 11) is 0. The van der Waals surface area contributed by atoms with E-state index in [-0.39, 0.29) is 17.1 Å². The fourth-order valence-electron chi connectivity index (χ4n) is 1.83. The number of imide groups is 1. The highest BCUT2D eigenvalue weighted by atomic mass is 32.2. The second kappa shape index (κ2) is 5.01. The molecule has 3 nitrogen and oxygen atoms in total. The first kappa shape index (κ1) is 14.6. The maximum absolute atomic E-state index is 12.2. The Morgan fingerprint density at radius 1 is 1.24 bits per heavy atom.